The number of nitro benzene ring substituents is 1. The highest BCUT2D eigenvalue weighted by atomic mass is 16.6. The van der Waals surface area contributed by atoms with Gasteiger partial charge in [-0.05, 0) is 24.8 Å². The largest absolute Gasteiger partial charge is 0.392 e. The second-order valence-electron chi connectivity index (χ2n) is 5.15. The number of nitro groups is 1. The minimum absolute atomic E-state index is 0.121. The smallest absolute Gasteiger partial charge is 0.269 e. The van der Waals surface area contributed by atoms with E-state index in [1.807, 2.05) is 6.92 Å². The number of non-ortho nitro benzene ring substituents is 1. The van der Waals surface area contributed by atoms with Gasteiger partial charge < -0.3 is 5.11 Å². The lowest BCUT2D eigenvalue weighted by atomic mass is 10.1. The lowest BCUT2D eigenvalue weighted by Crippen LogP contribution is -2.33. The summed E-state index contributed by atoms with van der Waals surface area (Å²) in [6, 6.07) is 7.24. The molecule has 2 rings (SSSR count). The van der Waals surface area contributed by atoms with Gasteiger partial charge in [-0.25, -0.2) is 0 Å². The van der Waals surface area contributed by atoms with Crippen LogP contribution in [0.5, 0.6) is 0 Å². The van der Waals surface area contributed by atoms with Crippen molar-refractivity contribution in [2.24, 2.45) is 0 Å². The molecule has 1 N–H and O–H groups in total. The molecular weight excluding hydrogens is 244 g/mol. The van der Waals surface area contributed by atoms with Crippen LogP contribution in [0.1, 0.15) is 31.7 Å². The molecule has 104 valence electrons. The molecule has 0 saturated heterocycles. The molecule has 1 atom stereocenters. The third-order valence-electron chi connectivity index (χ3n) is 3.51. The van der Waals surface area contributed by atoms with Gasteiger partial charge in [-0.15, -0.1) is 0 Å². The first-order valence-corrected chi connectivity index (χ1v) is 6.75. The molecule has 5 nitrogen and oxygen atoms in total. The molecule has 0 aliphatic heterocycles. The maximum atomic E-state index is 10.6. The van der Waals surface area contributed by atoms with E-state index in [1.54, 1.807) is 12.1 Å². The summed E-state index contributed by atoms with van der Waals surface area (Å²) >= 11 is 0. The SMILES string of the molecule is CC[C@@H](O)CN(Cc1ccc([N+](=O)[O-])cc1)C1CC1. The van der Waals surface area contributed by atoms with Crippen LogP contribution >= 0.6 is 0 Å². The van der Waals surface area contributed by atoms with Gasteiger partial charge in [-0.2, -0.15) is 0 Å². The van der Waals surface area contributed by atoms with E-state index in [1.165, 1.54) is 25.0 Å². The second kappa shape index (κ2) is 6.12. The molecule has 5 heteroatoms. The highest BCUT2D eigenvalue weighted by Gasteiger charge is 2.29. The zero-order chi connectivity index (χ0) is 13.8. The fraction of sp³-hybridized carbons (Fsp3) is 0.571. The van der Waals surface area contributed by atoms with Crippen molar-refractivity contribution in [2.75, 3.05) is 6.54 Å². The number of nitrogens with zero attached hydrogens (tertiary/aromatic N) is 2. The number of aliphatic hydroxyl groups is 1. The fourth-order valence-electron chi connectivity index (χ4n) is 2.14. The summed E-state index contributed by atoms with van der Waals surface area (Å²) < 4.78 is 0. The van der Waals surface area contributed by atoms with Crippen molar-refractivity contribution >= 4 is 5.69 Å². The molecule has 1 aliphatic carbocycles. The van der Waals surface area contributed by atoms with Gasteiger partial charge in [0.2, 0.25) is 0 Å². The number of rotatable bonds is 7. The molecule has 0 radical (unpaired) electrons. The van der Waals surface area contributed by atoms with Crippen molar-refractivity contribution in [3.05, 3.63) is 39.9 Å². The number of benzene rings is 1. The Kier molecular flexibility index (Phi) is 4.50. The summed E-state index contributed by atoms with van der Waals surface area (Å²) in [6.45, 7) is 3.40. The van der Waals surface area contributed by atoms with Crippen LogP contribution in [-0.4, -0.2) is 33.6 Å². The van der Waals surface area contributed by atoms with Gasteiger partial charge in [0.15, 0.2) is 0 Å². The Labute approximate surface area is 113 Å². The number of aliphatic hydroxyl groups excluding tert-OH is 1. The lowest BCUT2D eigenvalue weighted by Gasteiger charge is -2.24. The molecule has 1 aromatic rings. The molecule has 1 aliphatic rings. The molecule has 1 saturated carbocycles. The first-order chi connectivity index (χ1) is 9.10. The Balaban J connectivity index is 1.98. The molecule has 0 heterocycles. The molecule has 0 unspecified atom stereocenters. The molecule has 0 amide bonds. The summed E-state index contributed by atoms with van der Waals surface area (Å²) in [5, 5.41) is 20.4. The zero-order valence-corrected chi connectivity index (χ0v) is 11.2. The summed E-state index contributed by atoms with van der Waals surface area (Å²) in [5.74, 6) is 0. The monoisotopic (exact) mass is 264 g/mol. The Hall–Kier alpha value is -1.46. The first-order valence-electron chi connectivity index (χ1n) is 6.75. The van der Waals surface area contributed by atoms with Gasteiger partial charge in [0.25, 0.3) is 5.69 Å². The average Bonchev–Trinajstić information content (AvgIpc) is 3.22. The standard InChI is InChI=1S/C14H20N2O3/c1-2-14(17)10-15(12-7-8-12)9-11-3-5-13(6-4-11)16(18)19/h3-6,12,14,17H,2,7-10H2,1H3/t14-/m1/s1. The Morgan fingerprint density at radius 2 is 2.05 bits per heavy atom. The molecule has 0 spiro atoms. The van der Waals surface area contributed by atoms with Gasteiger partial charge in [0.05, 0.1) is 11.0 Å². The van der Waals surface area contributed by atoms with Crippen molar-refractivity contribution < 1.29 is 10.0 Å². The lowest BCUT2D eigenvalue weighted by molar-refractivity contribution is -0.384. The fourth-order valence-corrected chi connectivity index (χ4v) is 2.14. The van der Waals surface area contributed by atoms with Gasteiger partial charge in [-0.1, -0.05) is 19.1 Å². The van der Waals surface area contributed by atoms with E-state index in [0.717, 1.165) is 18.5 Å². The highest BCUT2D eigenvalue weighted by Crippen LogP contribution is 2.29. The van der Waals surface area contributed by atoms with Crippen LogP contribution < -0.4 is 0 Å². The highest BCUT2D eigenvalue weighted by molar-refractivity contribution is 5.32. The minimum Gasteiger partial charge on any atom is -0.392 e. The Bertz CT molecular complexity index is 429. The van der Waals surface area contributed by atoms with Crippen LogP contribution in [0.4, 0.5) is 5.69 Å². The van der Waals surface area contributed by atoms with E-state index >= 15 is 0 Å². The summed E-state index contributed by atoms with van der Waals surface area (Å²) in [7, 11) is 0. The third-order valence-corrected chi connectivity index (χ3v) is 3.51. The number of hydrogen-bond acceptors (Lipinski definition) is 4. The zero-order valence-electron chi connectivity index (χ0n) is 11.2. The van der Waals surface area contributed by atoms with E-state index in [-0.39, 0.29) is 16.7 Å². The average molecular weight is 264 g/mol. The van der Waals surface area contributed by atoms with Crippen molar-refractivity contribution in [2.45, 2.75) is 44.9 Å². The maximum absolute atomic E-state index is 10.6. The second-order valence-corrected chi connectivity index (χ2v) is 5.15. The third kappa shape index (κ3) is 4.01. The normalized spacial score (nSPS) is 16.6. The van der Waals surface area contributed by atoms with Crippen LogP contribution in [0.25, 0.3) is 0 Å². The van der Waals surface area contributed by atoms with Gasteiger partial charge in [0.1, 0.15) is 0 Å². The van der Waals surface area contributed by atoms with Crippen LogP contribution in [0.2, 0.25) is 0 Å². The molecule has 1 aromatic carbocycles. The molecular formula is C14H20N2O3. The van der Waals surface area contributed by atoms with E-state index in [2.05, 4.69) is 4.90 Å². The van der Waals surface area contributed by atoms with E-state index in [4.69, 9.17) is 0 Å². The number of hydrogen-bond donors (Lipinski definition) is 1. The first kappa shape index (κ1) is 14.0. The van der Waals surface area contributed by atoms with E-state index in [0.29, 0.717) is 12.6 Å². The van der Waals surface area contributed by atoms with Crippen LogP contribution in [0, 0.1) is 10.1 Å². The van der Waals surface area contributed by atoms with Crippen molar-refractivity contribution in [3.63, 3.8) is 0 Å². The van der Waals surface area contributed by atoms with Crippen LogP contribution in [-0.2, 0) is 6.54 Å². The maximum Gasteiger partial charge on any atom is 0.269 e. The van der Waals surface area contributed by atoms with Crippen molar-refractivity contribution in [3.8, 4) is 0 Å². The minimum atomic E-state index is -0.386. The van der Waals surface area contributed by atoms with Gasteiger partial charge >= 0.3 is 0 Å². The van der Waals surface area contributed by atoms with Gasteiger partial charge in [-0.3, -0.25) is 15.0 Å². The van der Waals surface area contributed by atoms with Crippen LogP contribution in [0.3, 0.4) is 0 Å². The molecule has 0 aromatic heterocycles. The van der Waals surface area contributed by atoms with E-state index in [9.17, 15) is 15.2 Å². The summed E-state index contributed by atoms with van der Waals surface area (Å²) in [4.78, 5) is 12.5. The topological polar surface area (TPSA) is 66.6 Å². The Morgan fingerprint density at radius 1 is 1.42 bits per heavy atom. The van der Waals surface area contributed by atoms with Crippen molar-refractivity contribution in [1.82, 2.24) is 4.90 Å². The molecule has 0 bridgehead atoms. The quantitative estimate of drug-likeness (QED) is 0.606. The summed E-state index contributed by atoms with van der Waals surface area (Å²) in [5.41, 5.74) is 1.18. The summed E-state index contributed by atoms with van der Waals surface area (Å²) in [6.07, 6.45) is 2.83. The van der Waals surface area contributed by atoms with Crippen LogP contribution in [0.15, 0.2) is 24.3 Å². The predicted molar refractivity (Wildman–Crippen MR) is 72.8 cm³/mol. The predicted octanol–water partition coefficient (Wildman–Crippen LogP) is 2.33. The molecule has 1 fully saturated rings. The van der Waals surface area contributed by atoms with Crippen molar-refractivity contribution in [1.29, 1.82) is 0 Å². The molecule has 19 heavy (non-hydrogen) atoms. The van der Waals surface area contributed by atoms with Gasteiger partial charge in [0, 0.05) is 31.3 Å². The Morgan fingerprint density at radius 3 is 2.53 bits per heavy atom. The van der Waals surface area contributed by atoms with E-state index < -0.39 is 0 Å².